The normalized spacial score (nSPS) is 17.7. The fourth-order valence-corrected chi connectivity index (χ4v) is 3.71. The molecular weight excluding hydrogens is 413 g/mol. The van der Waals surface area contributed by atoms with Gasteiger partial charge in [-0.1, -0.05) is 25.5 Å². The molecule has 3 rings (SSSR count). The largest absolute Gasteiger partial charge is 0.507 e. The first-order chi connectivity index (χ1) is 15.5. The van der Waals surface area contributed by atoms with Gasteiger partial charge in [-0.15, -0.1) is 0 Å². The summed E-state index contributed by atoms with van der Waals surface area (Å²) in [4.78, 5) is 27.3. The first kappa shape index (κ1) is 23.5. The molecule has 0 spiro atoms. The second-order valence-electron chi connectivity index (χ2n) is 7.62. The van der Waals surface area contributed by atoms with Crippen molar-refractivity contribution >= 4 is 17.4 Å². The third kappa shape index (κ3) is 5.16. The summed E-state index contributed by atoms with van der Waals surface area (Å²) in [6, 6.07) is 11.6. The number of hydrogen-bond acceptors (Lipinski definition) is 5. The Labute approximate surface area is 187 Å². The van der Waals surface area contributed by atoms with E-state index < -0.39 is 23.5 Å². The summed E-state index contributed by atoms with van der Waals surface area (Å²) in [5, 5.41) is 11.0. The lowest BCUT2D eigenvalue weighted by Crippen LogP contribution is -2.31. The molecule has 1 fully saturated rings. The fourth-order valence-electron chi connectivity index (χ4n) is 3.71. The Hall–Kier alpha value is -3.19. The number of ether oxygens (including phenoxy) is 2. The van der Waals surface area contributed by atoms with Crippen molar-refractivity contribution in [2.75, 3.05) is 26.9 Å². The average molecular weight is 441 g/mol. The number of carbonyl (C=O) groups is 2. The molecule has 1 saturated heterocycles. The van der Waals surface area contributed by atoms with Crippen LogP contribution in [-0.4, -0.2) is 48.6 Å². The topological polar surface area (TPSA) is 76.1 Å². The van der Waals surface area contributed by atoms with Crippen molar-refractivity contribution in [2.24, 2.45) is 0 Å². The predicted octanol–water partition coefficient (Wildman–Crippen LogP) is 4.46. The molecule has 1 aliphatic rings. The number of amides is 1. The van der Waals surface area contributed by atoms with Gasteiger partial charge in [0.05, 0.1) is 18.2 Å². The third-order valence-corrected chi connectivity index (χ3v) is 5.35. The van der Waals surface area contributed by atoms with E-state index in [1.807, 2.05) is 6.07 Å². The average Bonchev–Trinajstić information content (AvgIpc) is 3.05. The number of halogens is 1. The molecule has 1 heterocycles. The number of aliphatic hydroxyl groups excluding tert-OH is 1. The number of ketones is 1. The van der Waals surface area contributed by atoms with Gasteiger partial charge < -0.3 is 19.5 Å². The van der Waals surface area contributed by atoms with Crippen LogP contribution in [0.5, 0.6) is 5.75 Å². The van der Waals surface area contributed by atoms with Crippen molar-refractivity contribution in [3.63, 3.8) is 0 Å². The molecule has 1 amide bonds. The highest BCUT2D eigenvalue weighted by atomic mass is 19.1. The van der Waals surface area contributed by atoms with Crippen molar-refractivity contribution in [2.45, 2.75) is 32.2 Å². The number of aliphatic hydroxyl groups is 1. The SMILES string of the molecule is CCCCOc1cccc(C2/C(=C(\O)c3ccc(F)cc3)C(=O)C(=O)N2CCCOC)c1. The van der Waals surface area contributed by atoms with Crippen LogP contribution in [0.2, 0.25) is 0 Å². The Balaban J connectivity index is 2.05. The van der Waals surface area contributed by atoms with E-state index in [-0.39, 0.29) is 23.4 Å². The number of benzene rings is 2. The molecule has 2 aromatic rings. The molecule has 1 N–H and O–H groups in total. The molecule has 1 aliphatic heterocycles. The number of likely N-dealkylation sites (tertiary alicyclic amines) is 1. The van der Waals surface area contributed by atoms with E-state index >= 15 is 0 Å². The minimum Gasteiger partial charge on any atom is -0.507 e. The summed E-state index contributed by atoms with van der Waals surface area (Å²) in [5.41, 5.74) is 0.894. The van der Waals surface area contributed by atoms with Crippen LogP contribution in [0.4, 0.5) is 4.39 Å². The maximum Gasteiger partial charge on any atom is 0.295 e. The maximum absolute atomic E-state index is 13.4. The van der Waals surface area contributed by atoms with Gasteiger partial charge >= 0.3 is 0 Å². The Morgan fingerprint density at radius 2 is 1.84 bits per heavy atom. The highest BCUT2D eigenvalue weighted by molar-refractivity contribution is 6.46. The van der Waals surface area contributed by atoms with Crippen LogP contribution < -0.4 is 4.74 Å². The molecule has 0 bridgehead atoms. The summed E-state index contributed by atoms with van der Waals surface area (Å²) in [5.74, 6) is -1.63. The van der Waals surface area contributed by atoms with Crippen LogP contribution in [-0.2, 0) is 14.3 Å². The third-order valence-electron chi connectivity index (χ3n) is 5.35. The monoisotopic (exact) mass is 441 g/mol. The van der Waals surface area contributed by atoms with E-state index in [1.54, 1.807) is 25.3 Å². The highest BCUT2D eigenvalue weighted by Gasteiger charge is 2.45. The highest BCUT2D eigenvalue weighted by Crippen LogP contribution is 2.40. The molecule has 0 saturated carbocycles. The van der Waals surface area contributed by atoms with Crippen LogP contribution >= 0.6 is 0 Å². The standard InChI is InChI=1S/C25H28FNO5/c1-3-4-15-32-20-8-5-7-18(16-20)22-21(23(28)17-9-11-19(26)12-10-17)24(29)25(30)27(22)13-6-14-31-2/h5,7-12,16,22,28H,3-4,6,13-15H2,1-2H3/b23-21+. The predicted molar refractivity (Wildman–Crippen MR) is 119 cm³/mol. The lowest BCUT2D eigenvalue weighted by Gasteiger charge is -2.25. The molecular formula is C25H28FNO5. The van der Waals surface area contributed by atoms with Gasteiger partial charge in [0.2, 0.25) is 0 Å². The molecule has 2 aromatic carbocycles. The Morgan fingerprint density at radius 1 is 1.09 bits per heavy atom. The summed E-state index contributed by atoms with van der Waals surface area (Å²) < 4.78 is 24.3. The van der Waals surface area contributed by atoms with Crippen molar-refractivity contribution in [3.05, 3.63) is 71.0 Å². The van der Waals surface area contributed by atoms with E-state index in [1.165, 1.54) is 29.2 Å². The summed E-state index contributed by atoms with van der Waals surface area (Å²) in [6.45, 7) is 3.34. The zero-order chi connectivity index (χ0) is 23.1. The van der Waals surface area contributed by atoms with Gasteiger partial charge in [-0.3, -0.25) is 9.59 Å². The molecule has 0 aromatic heterocycles. The molecule has 1 atom stereocenters. The number of unbranched alkanes of at least 4 members (excludes halogenated alkanes) is 1. The van der Waals surface area contributed by atoms with Crippen LogP contribution in [0.25, 0.3) is 5.76 Å². The summed E-state index contributed by atoms with van der Waals surface area (Å²) >= 11 is 0. The molecule has 32 heavy (non-hydrogen) atoms. The van der Waals surface area contributed by atoms with Gasteiger partial charge in [0, 0.05) is 25.8 Å². The fraction of sp³-hybridized carbons (Fsp3) is 0.360. The van der Waals surface area contributed by atoms with Gasteiger partial charge in [-0.25, -0.2) is 4.39 Å². The van der Waals surface area contributed by atoms with Crippen molar-refractivity contribution in [1.29, 1.82) is 0 Å². The van der Waals surface area contributed by atoms with E-state index in [4.69, 9.17) is 9.47 Å². The number of nitrogens with zero attached hydrogens (tertiary/aromatic N) is 1. The van der Waals surface area contributed by atoms with Crippen LogP contribution in [0.1, 0.15) is 43.4 Å². The molecule has 6 nitrogen and oxygen atoms in total. The van der Waals surface area contributed by atoms with Gasteiger partial charge in [0.15, 0.2) is 0 Å². The van der Waals surface area contributed by atoms with Gasteiger partial charge in [-0.2, -0.15) is 0 Å². The molecule has 0 radical (unpaired) electrons. The number of carbonyl (C=O) groups excluding carboxylic acids is 2. The molecule has 170 valence electrons. The van der Waals surface area contributed by atoms with E-state index in [2.05, 4.69) is 6.92 Å². The van der Waals surface area contributed by atoms with Crippen molar-refractivity contribution in [1.82, 2.24) is 4.90 Å². The van der Waals surface area contributed by atoms with E-state index in [0.29, 0.717) is 30.9 Å². The second kappa shape index (κ2) is 10.9. The first-order valence-corrected chi connectivity index (χ1v) is 10.7. The Bertz CT molecular complexity index is 986. The first-order valence-electron chi connectivity index (χ1n) is 10.7. The van der Waals surface area contributed by atoms with Crippen LogP contribution in [0.15, 0.2) is 54.1 Å². The molecule has 0 aliphatic carbocycles. The zero-order valence-electron chi connectivity index (χ0n) is 18.3. The van der Waals surface area contributed by atoms with E-state index in [0.717, 1.165) is 12.8 Å². The molecule has 1 unspecified atom stereocenters. The van der Waals surface area contributed by atoms with Gasteiger partial charge in [-0.05, 0) is 54.8 Å². The summed E-state index contributed by atoms with van der Waals surface area (Å²) in [7, 11) is 1.57. The van der Waals surface area contributed by atoms with Gasteiger partial charge in [0.25, 0.3) is 11.7 Å². The smallest absolute Gasteiger partial charge is 0.295 e. The Kier molecular flexibility index (Phi) is 8.00. The minimum absolute atomic E-state index is 0.0234. The van der Waals surface area contributed by atoms with Crippen LogP contribution in [0.3, 0.4) is 0 Å². The maximum atomic E-state index is 13.4. The zero-order valence-corrected chi connectivity index (χ0v) is 18.3. The second-order valence-corrected chi connectivity index (χ2v) is 7.62. The van der Waals surface area contributed by atoms with Gasteiger partial charge in [0.1, 0.15) is 17.3 Å². The number of rotatable bonds is 10. The number of methoxy groups -OCH3 is 1. The van der Waals surface area contributed by atoms with E-state index in [9.17, 15) is 19.1 Å². The minimum atomic E-state index is -0.786. The van der Waals surface area contributed by atoms with Crippen molar-refractivity contribution in [3.8, 4) is 5.75 Å². The number of Topliss-reactive ketones (excluding diaryl/α,β-unsaturated/α-hetero) is 1. The quantitative estimate of drug-likeness (QED) is 0.255. The summed E-state index contributed by atoms with van der Waals surface area (Å²) in [6.07, 6.45) is 2.44. The van der Waals surface area contributed by atoms with Crippen molar-refractivity contribution < 1.29 is 28.6 Å². The lowest BCUT2D eigenvalue weighted by atomic mass is 9.95. The molecule has 7 heteroatoms. The Morgan fingerprint density at radius 3 is 2.53 bits per heavy atom. The number of hydrogen-bond donors (Lipinski definition) is 1. The van der Waals surface area contributed by atoms with Crippen LogP contribution in [0, 0.1) is 5.82 Å². The lowest BCUT2D eigenvalue weighted by molar-refractivity contribution is -0.140.